The first-order valence-electron chi connectivity index (χ1n) is 6.59. The first kappa shape index (κ1) is 13.5. The SMILES string of the molecule is O=c1cc([Se]c2c(-c3cccs3)nc3ccccn23)cco1. The zero-order valence-electron chi connectivity index (χ0n) is 11.3. The third-order valence-corrected chi connectivity index (χ3v) is 6.26. The van der Waals surface area contributed by atoms with Crippen LogP contribution in [0.15, 0.2) is 69.5 Å². The van der Waals surface area contributed by atoms with Crippen molar-refractivity contribution in [1.29, 1.82) is 0 Å². The van der Waals surface area contributed by atoms with Crippen LogP contribution in [0.25, 0.3) is 16.2 Å². The molecule has 0 radical (unpaired) electrons. The van der Waals surface area contributed by atoms with Gasteiger partial charge in [-0.3, -0.25) is 0 Å². The van der Waals surface area contributed by atoms with E-state index in [9.17, 15) is 4.79 Å². The zero-order valence-corrected chi connectivity index (χ0v) is 13.8. The van der Waals surface area contributed by atoms with Gasteiger partial charge in [-0.1, -0.05) is 0 Å². The molecule has 0 aromatic carbocycles. The van der Waals surface area contributed by atoms with Crippen LogP contribution in [0.2, 0.25) is 0 Å². The Morgan fingerprint density at radius 3 is 2.95 bits per heavy atom. The van der Waals surface area contributed by atoms with E-state index in [1.807, 2.05) is 41.9 Å². The molecule has 0 aliphatic rings. The van der Waals surface area contributed by atoms with Crippen molar-refractivity contribution in [3.63, 3.8) is 0 Å². The number of thiophene rings is 1. The van der Waals surface area contributed by atoms with Crippen LogP contribution in [-0.2, 0) is 0 Å². The van der Waals surface area contributed by atoms with Gasteiger partial charge in [-0.15, -0.1) is 0 Å². The van der Waals surface area contributed by atoms with Crippen molar-refractivity contribution in [2.24, 2.45) is 0 Å². The van der Waals surface area contributed by atoms with Gasteiger partial charge in [0.05, 0.1) is 0 Å². The molecular formula is C16H10N2O2SSe. The molecule has 0 aliphatic carbocycles. The van der Waals surface area contributed by atoms with Gasteiger partial charge in [-0.25, -0.2) is 0 Å². The molecule has 4 rings (SSSR count). The Morgan fingerprint density at radius 1 is 1.18 bits per heavy atom. The van der Waals surface area contributed by atoms with Crippen molar-refractivity contribution in [2.75, 3.05) is 0 Å². The molecule has 0 saturated carbocycles. The molecule has 0 bridgehead atoms. The topological polar surface area (TPSA) is 47.5 Å². The van der Waals surface area contributed by atoms with E-state index < -0.39 is 0 Å². The fourth-order valence-corrected chi connectivity index (χ4v) is 5.16. The van der Waals surface area contributed by atoms with E-state index in [1.165, 1.54) is 6.26 Å². The summed E-state index contributed by atoms with van der Waals surface area (Å²) in [4.78, 5) is 17.3. The van der Waals surface area contributed by atoms with Gasteiger partial charge in [-0.2, -0.15) is 0 Å². The van der Waals surface area contributed by atoms with E-state index in [0.717, 1.165) is 25.3 Å². The van der Waals surface area contributed by atoms with Gasteiger partial charge in [0.1, 0.15) is 0 Å². The van der Waals surface area contributed by atoms with Gasteiger partial charge in [0.25, 0.3) is 0 Å². The maximum atomic E-state index is 11.4. The summed E-state index contributed by atoms with van der Waals surface area (Å²) >= 11 is 1.64. The predicted octanol–water partition coefficient (Wildman–Crippen LogP) is 1.67. The third-order valence-electron chi connectivity index (χ3n) is 3.13. The Bertz CT molecular complexity index is 989. The first-order chi connectivity index (χ1) is 10.8. The molecule has 4 aromatic rings. The normalized spacial score (nSPS) is 11.1. The van der Waals surface area contributed by atoms with Gasteiger partial charge in [0.15, 0.2) is 0 Å². The van der Waals surface area contributed by atoms with Crippen LogP contribution in [0.1, 0.15) is 0 Å². The third kappa shape index (κ3) is 2.41. The Balaban J connectivity index is 1.91. The fourth-order valence-electron chi connectivity index (χ4n) is 2.19. The summed E-state index contributed by atoms with van der Waals surface area (Å²) in [6.07, 6.45) is 3.47. The van der Waals surface area contributed by atoms with E-state index in [2.05, 4.69) is 10.5 Å². The van der Waals surface area contributed by atoms with Crippen LogP contribution in [0.5, 0.6) is 0 Å². The Hall–Kier alpha value is -2.14. The van der Waals surface area contributed by atoms with Crippen molar-refractivity contribution < 1.29 is 4.42 Å². The molecular weight excluding hydrogens is 363 g/mol. The molecule has 4 heterocycles. The molecule has 108 valence electrons. The van der Waals surface area contributed by atoms with E-state index in [-0.39, 0.29) is 20.6 Å². The van der Waals surface area contributed by atoms with E-state index >= 15 is 0 Å². The Kier molecular flexibility index (Phi) is 3.42. The second-order valence-electron chi connectivity index (χ2n) is 4.56. The second-order valence-corrected chi connectivity index (χ2v) is 7.74. The molecule has 0 N–H and O–H groups in total. The number of pyridine rings is 1. The molecule has 4 aromatic heterocycles. The van der Waals surface area contributed by atoms with E-state index in [1.54, 1.807) is 17.4 Å². The van der Waals surface area contributed by atoms with Crippen molar-refractivity contribution >= 4 is 41.0 Å². The number of nitrogens with zero attached hydrogens (tertiary/aromatic N) is 2. The van der Waals surface area contributed by atoms with Gasteiger partial charge in [0.2, 0.25) is 0 Å². The van der Waals surface area contributed by atoms with Crippen molar-refractivity contribution in [1.82, 2.24) is 9.38 Å². The molecule has 6 heteroatoms. The Morgan fingerprint density at radius 2 is 2.14 bits per heavy atom. The van der Waals surface area contributed by atoms with E-state index in [0.29, 0.717) is 0 Å². The molecule has 0 unspecified atom stereocenters. The molecule has 0 atom stereocenters. The van der Waals surface area contributed by atoms with Crippen LogP contribution < -0.4 is 14.7 Å². The number of hydrogen-bond donors (Lipinski definition) is 0. The summed E-state index contributed by atoms with van der Waals surface area (Å²) < 4.78 is 9.03. The monoisotopic (exact) mass is 374 g/mol. The summed E-state index contributed by atoms with van der Waals surface area (Å²) in [5, 5.41) is 2.05. The predicted molar refractivity (Wildman–Crippen MR) is 88.5 cm³/mol. The summed E-state index contributed by atoms with van der Waals surface area (Å²) in [5.41, 5.74) is 1.60. The standard InChI is InChI=1S/C16H10N2O2SSe/c19-14-10-11(6-8-20-14)22-16-15(12-4-3-9-21-12)17-13-5-1-2-7-18(13)16/h1-10H. The maximum absolute atomic E-state index is 11.4. The average Bonchev–Trinajstić information content (AvgIpc) is 3.15. The minimum absolute atomic E-state index is 0.0317. The molecule has 0 saturated heterocycles. The average molecular weight is 373 g/mol. The van der Waals surface area contributed by atoms with Crippen LogP contribution >= 0.6 is 11.3 Å². The molecule has 22 heavy (non-hydrogen) atoms. The van der Waals surface area contributed by atoms with E-state index in [4.69, 9.17) is 9.40 Å². The van der Waals surface area contributed by atoms with Gasteiger partial charge >= 0.3 is 136 Å². The number of aromatic nitrogens is 2. The summed E-state index contributed by atoms with van der Waals surface area (Å²) in [7, 11) is 0. The second kappa shape index (κ2) is 5.57. The van der Waals surface area contributed by atoms with Crippen LogP contribution in [0, 0.1) is 0 Å². The molecule has 4 nitrogen and oxygen atoms in total. The number of hydrogen-bond acceptors (Lipinski definition) is 4. The number of imidazole rings is 1. The van der Waals surface area contributed by atoms with Crippen molar-refractivity contribution in [2.45, 2.75) is 0 Å². The van der Waals surface area contributed by atoms with Crippen molar-refractivity contribution in [3.8, 4) is 10.6 Å². The number of rotatable bonds is 3. The summed E-state index contributed by atoms with van der Waals surface area (Å²) in [6, 6.07) is 13.5. The molecule has 0 amide bonds. The van der Waals surface area contributed by atoms with Gasteiger partial charge in [-0.05, 0) is 0 Å². The Labute approximate surface area is 136 Å². The van der Waals surface area contributed by atoms with Crippen LogP contribution in [0.3, 0.4) is 0 Å². The van der Waals surface area contributed by atoms with Gasteiger partial charge < -0.3 is 0 Å². The first-order valence-corrected chi connectivity index (χ1v) is 9.18. The quantitative estimate of drug-likeness (QED) is 0.514. The minimum atomic E-state index is -0.314. The van der Waals surface area contributed by atoms with Crippen LogP contribution in [-0.4, -0.2) is 24.3 Å². The zero-order chi connectivity index (χ0) is 14.9. The van der Waals surface area contributed by atoms with Gasteiger partial charge in [0, 0.05) is 0 Å². The summed E-state index contributed by atoms with van der Waals surface area (Å²) in [6.45, 7) is 0. The molecule has 0 aliphatic heterocycles. The summed E-state index contributed by atoms with van der Waals surface area (Å²) in [5.74, 6) is 0. The fraction of sp³-hybridized carbons (Fsp3) is 0. The number of fused-ring (bicyclic) bond motifs is 1. The molecule has 0 spiro atoms. The van der Waals surface area contributed by atoms with Crippen molar-refractivity contribution in [3.05, 3.63) is 70.7 Å². The molecule has 0 fully saturated rings. The van der Waals surface area contributed by atoms with Crippen LogP contribution in [0.4, 0.5) is 0 Å².